The number of hydrogen-bond donors (Lipinski definition) is 2. The maximum Gasteiger partial charge on any atom is 0.251 e. The number of benzene rings is 2. The number of carbonyl (C=O) groups is 1. The summed E-state index contributed by atoms with van der Waals surface area (Å²) in [5.74, 6) is 1.57. The van der Waals surface area contributed by atoms with Gasteiger partial charge in [-0.2, -0.15) is 0 Å². The van der Waals surface area contributed by atoms with E-state index in [1.165, 1.54) is 0 Å². The topological polar surface area (TPSA) is 85.4 Å². The summed E-state index contributed by atoms with van der Waals surface area (Å²) in [5, 5.41) is 7.01. The van der Waals surface area contributed by atoms with Gasteiger partial charge in [0.25, 0.3) is 5.91 Å². The van der Waals surface area contributed by atoms with Crippen LogP contribution in [0.3, 0.4) is 0 Å². The van der Waals surface area contributed by atoms with E-state index in [9.17, 15) is 4.79 Å². The number of rotatable bonds is 6. The van der Waals surface area contributed by atoms with Crippen LogP contribution in [0.5, 0.6) is 11.5 Å². The molecular formula is C25H26N4O3. The van der Waals surface area contributed by atoms with E-state index in [2.05, 4.69) is 15.6 Å². The normalized spacial score (nSPS) is 17.6. The molecule has 2 N–H and O–H groups in total. The second-order valence-corrected chi connectivity index (χ2v) is 7.81. The van der Waals surface area contributed by atoms with Crippen molar-refractivity contribution < 1.29 is 14.3 Å². The first-order valence-corrected chi connectivity index (χ1v) is 10.3. The van der Waals surface area contributed by atoms with Crippen LogP contribution < -0.4 is 20.1 Å². The van der Waals surface area contributed by atoms with Crippen LogP contribution in [0.25, 0.3) is 16.5 Å². The number of ether oxygens (including phenoxy) is 2. The van der Waals surface area contributed by atoms with Crippen LogP contribution >= 0.6 is 0 Å². The van der Waals surface area contributed by atoms with E-state index >= 15 is 0 Å². The van der Waals surface area contributed by atoms with E-state index in [1.54, 1.807) is 33.4 Å². The fourth-order valence-electron chi connectivity index (χ4n) is 3.82. The lowest BCUT2D eigenvalue weighted by molar-refractivity contribution is 0.0923. The van der Waals surface area contributed by atoms with Crippen LogP contribution in [0.2, 0.25) is 0 Å². The summed E-state index contributed by atoms with van der Waals surface area (Å²) in [6.45, 7) is 2.00. The average molecular weight is 431 g/mol. The van der Waals surface area contributed by atoms with E-state index in [0.29, 0.717) is 29.4 Å². The third-order valence-electron chi connectivity index (χ3n) is 5.45. The van der Waals surface area contributed by atoms with Gasteiger partial charge in [0.1, 0.15) is 0 Å². The number of fused-ring (bicyclic) bond motifs is 1. The van der Waals surface area contributed by atoms with E-state index in [4.69, 9.17) is 14.5 Å². The molecule has 1 aliphatic rings. The number of amides is 1. The van der Waals surface area contributed by atoms with Crippen LogP contribution in [0, 0.1) is 0 Å². The SMILES string of the molecule is CNc1nc(C2=CC(C)(NC(=O)c3ccccc3)CC=C2)c2cc(OC)c(OC)cc2n1. The van der Waals surface area contributed by atoms with Crippen molar-refractivity contribution in [3.8, 4) is 11.5 Å². The van der Waals surface area contributed by atoms with Crippen molar-refractivity contribution in [2.75, 3.05) is 26.6 Å². The smallest absolute Gasteiger partial charge is 0.251 e. The van der Waals surface area contributed by atoms with Gasteiger partial charge < -0.3 is 20.1 Å². The van der Waals surface area contributed by atoms with Gasteiger partial charge in [-0.3, -0.25) is 4.79 Å². The van der Waals surface area contributed by atoms with Crippen molar-refractivity contribution >= 4 is 28.3 Å². The number of methoxy groups -OCH3 is 2. The molecular weight excluding hydrogens is 404 g/mol. The largest absolute Gasteiger partial charge is 0.493 e. The molecule has 0 bridgehead atoms. The van der Waals surface area contributed by atoms with Gasteiger partial charge in [-0.25, -0.2) is 9.97 Å². The Morgan fingerprint density at radius 1 is 1.06 bits per heavy atom. The molecule has 1 aromatic heterocycles. The van der Waals surface area contributed by atoms with Crippen molar-refractivity contribution in [1.29, 1.82) is 0 Å². The summed E-state index contributed by atoms with van der Waals surface area (Å²) < 4.78 is 10.9. The molecule has 0 saturated heterocycles. The zero-order chi connectivity index (χ0) is 22.7. The highest BCUT2D eigenvalue weighted by atomic mass is 16.5. The molecule has 1 amide bonds. The molecule has 3 aromatic rings. The number of nitrogens with zero attached hydrogens (tertiary/aromatic N) is 2. The van der Waals surface area contributed by atoms with Crippen molar-refractivity contribution in [2.24, 2.45) is 0 Å². The van der Waals surface area contributed by atoms with Gasteiger partial charge in [0, 0.05) is 24.1 Å². The van der Waals surface area contributed by atoms with Gasteiger partial charge in [0.15, 0.2) is 11.5 Å². The minimum atomic E-state index is -0.565. The van der Waals surface area contributed by atoms with Gasteiger partial charge in [-0.15, -0.1) is 0 Å². The second kappa shape index (κ2) is 8.70. The Morgan fingerprint density at radius 2 is 1.78 bits per heavy atom. The van der Waals surface area contributed by atoms with Crippen molar-refractivity contribution in [1.82, 2.24) is 15.3 Å². The number of allylic oxidation sites excluding steroid dienone is 2. The lowest BCUT2D eigenvalue weighted by Crippen LogP contribution is -2.45. The summed E-state index contributed by atoms with van der Waals surface area (Å²) in [7, 11) is 4.97. The summed E-state index contributed by atoms with van der Waals surface area (Å²) in [6.07, 6.45) is 6.79. The number of nitrogens with one attached hydrogen (secondary N) is 2. The zero-order valence-corrected chi connectivity index (χ0v) is 18.6. The quantitative estimate of drug-likeness (QED) is 0.609. The third kappa shape index (κ3) is 4.14. The van der Waals surface area contributed by atoms with E-state index in [-0.39, 0.29) is 5.91 Å². The minimum absolute atomic E-state index is 0.117. The Balaban J connectivity index is 1.79. The number of anilines is 1. The molecule has 1 atom stereocenters. The molecule has 1 unspecified atom stereocenters. The molecule has 0 aliphatic heterocycles. The van der Waals surface area contributed by atoms with Crippen LogP contribution in [0.4, 0.5) is 5.95 Å². The Hall–Kier alpha value is -3.87. The van der Waals surface area contributed by atoms with Crippen LogP contribution in [0.15, 0.2) is 60.7 Å². The first-order chi connectivity index (χ1) is 15.5. The van der Waals surface area contributed by atoms with Gasteiger partial charge in [-0.1, -0.05) is 30.4 Å². The lowest BCUT2D eigenvalue weighted by atomic mass is 9.87. The van der Waals surface area contributed by atoms with Crippen molar-refractivity contribution in [3.05, 3.63) is 72.0 Å². The fraction of sp³-hybridized carbons (Fsp3) is 0.240. The highest BCUT2D eigenvalue weighted by Gasteiger charge is 2.27. The van der Waals surface area contributed by atoms with E-state index in [1.807, 2.05) is 55.5 Å². The molecule has 7 nitrogen and oxygen atoms in total. The molecule has 0 saturated carbocycles. The van der Waals surface area contributed by atoms with Gasteiger partial charge in [0.2, 0.25) is 5.95 Å². The first-order valence-electron chi connectivity index (χ1n) is 10.3. The fourth-order valence-corrected chi connectivity index (χ4v) is 3.82. The molecule has 1 heterocycles. The van der Waals surface area contributed by atoms with E-state index in [0.717, 1.165) is 22.2 Å². The third-order valence-corrected chi connectivity index (χ3v) is 5.45. The molecule has 0 spiro atoms. The maximum atomic E-state index is 12.8. The number of aromatic nitrogens is 2. The molecule has 32 heavy (non-hydrogen) atoms. The average Bonchev–Trinajstić information content (AvgIpc) is 2.82. The number of carbonyl (C=O) groups excluding carboxylic acids is 1. The summed E-state index contributed by atoms with van der Waals surface area (Å²) >= 11 is 0. The molecule has 164 valence electrons. The van der Waals surface area contributed by atoms with Crippen LogP contribution in [-0.4, -0.2) is 42.7 Å². The van der Waals surface area contributed by atoms with Crippen molar-refractivity contribution in [2.45, 2.75) is 18.9 Å². The minimum Gasteiger partial charge on any atom is -0.493 e. The Bertz CT molecular complexity index is 1220. The van der Waals surface area contributed by atoms with Gasteiger partial charge >= 0.3 is 0 Å². The monoisotopic (exact) mass is 430 g/mol. The van der Waals surface area contributed by atoms with Crippen LogP contribution in [0.1, 0.15) is 29.4 Å². The Kier molecular flexibility index (Phi) is 5.81. The predicted molar refractivity (Wildman–Crippen MR) is 126 cm³/mol. The summed E-state index contributed by atoms with van der Waals surface area (Å²) in [5.41, 5.74) is 2.43. The van der Waals surface area contributed by atoms with Gasteiger partial charge in [0.05, 0.1) is 31.0 Å². The van der Waals surface area contributed by atoms with Gasteiger partial charge in [-0.05, 0) is 43.2 Å². The molecule has 7 heteroatoms. The Morgan fingerprint density at radius 3 is 2.47 bits per heavy atom. The molecule has 4 rings (SSSR count). The zero-order valence-electron chi connectivity index (χ0n) is 18.6. The summed E-state index contributed by atoms with van der Waals surface area (Å²) in [4.78, 5) is 22.1. The standard InChI is InChI=1S/C25H26N4O3/c1-25(29-23(30)16-9-6-5-7-10-16)12-8-11-17(15-25)22-18-13-20(31-3)21(32-4)14-19(18)27-24(26-2)28-22/h5-11,13-15H,12H2,1-4H3,(H,29,30)(H,26,27,28). The molecule has 1 aliphatic carbocycles. The van der Waals surface area contributed by atoms with Crippen molar-refractivity contribution in [3.63, 3.8) is 0 Å². The number of hydrogen-bond acceptors (Lipinski definition) is 6. The lowest BCUT2D eigenvalue weighted by Gasteiger charge is -2.30. The summed E-state index contributed by atoms with van der Waals surface area (Å²) in [6, 6.07) is 12.9. The molecule has 2 aromatic carbocycles. The molecule has 0 radical (unpaired) electrons. The maximum absolute atomic E-state index is 12.8. The highest BCUT2D eigenvalue weighted by molar-refractivity contribution is 5.97. The first kappa shape index (κ1) is 21.4. The highest BCUT2D eigenvalue weighted by Crippen LogP contribution is 2.36. The predicted octanol–water partition coefficient (Wildman–Crippen LogP) is 4.22. The second-order valence-electron chi connectivity index (χ2n) is 7.81. The molecule has 0 fully saturated rings. The van der Waals surface area contributed by atoms with Crippen LogP contribution in [-0.2, 0) is 0 Å². The Labute approximate surface area is 187 Å². The van der Waals surface area contributed by atoms with E-state index < -0.39 is 5.54 Å².